The number of hydrogen-bond acceptors (Lipinski definition) is 8. The van der Waals surface area contributed by atoms with Crippen molar-refractivity contribution in [2.75, 3.05) is 7.05 Å². The Morgan fingerprint density at radius 2 is 1.24 bits per heavy atom. The highest BCUT2D eigenvalue weighted by Gasteiger charge is 2.15. The molecule has 8 nitrogen and oxygen atoms in total. The Balaban J connectivity index is 0.000000178. The Hall–Kier alpha value is -3.93. The Morgan fingerprint density at radius 1 is 0.733 bits per heavy atom. The molecule has 0 unspecified atom stereocenters. The van der Waals surface area contributed by atoms with E-state index in [0.717, 1.165) is 54.6 Å². The van der Waals surface area contributed by atoms with Gasteiger partial charge in [0.05, 0.1) is 27.1 Å². The number of pyridine rings is 2. The number of nitrogens with one attached hydrogen (secondary N) is 1. The zero-order valence-corrected chi connectivity index (χ0v) is 27.8. The maximum atomic E-state index is 11.1. The van der Waals surface area contributed by atoms with Gasteiger partial charge in [0.15, 0.2) is 6.29 Å². The third kappa shape index (κ3) is 8.42. The lowest BCUT2D eigenvalue weighted by Crippen LogP contribution is -2.06. The van der Waals surface area contributed by atoms with Crippen molar-refractivity contribution < 1.29 is 4.79 Å². The standard InChI is InChI=1S/C17H17ClN4S.C16H12ClN3OS/c1-12-7-8-16(20-10-12)23-17-9-13(11-19-2)21-22(17)15-6-4-3-5-14(15)18;1-11-6-7-15(18-9-11)22-16-8-12(10-21)19-20(16)14-5-3-2-4-13(14)17/h3-10,19H,11H2,1-2H3;2-10H,1H3. The molecule has 0 amide bonds. The molecule has 0 atom stereocenters. The van der Waals surface area contributed by atoms with Gasteiger partial charge in [0.1, 0.15) is 25.8 Å². The third-order valence-electron chi connectivity index (χ3n) is 6.25. The number of benzene rings is 2. The van der Waals surface area contributed by atoms with E-state index in [9.17, 15) is 4.79 Å². The molecule has 4 aromatic heterocycles. The first-order chi connectivity index (χ1) is 21.8. The highest BCUT2D eigenvalue weighted by molar-refractivity contribution is 7.99. The molecule has 0 aliphatic carbocycles. The molecular weight excluding hydrogens is 645 g/mol. The number of rotatable bonds is 9. The maximum Gasteiger partial charge on any atom is 0.170 e. The van der Waals surface area contributed by atoms with Gasteiger partial charge in [-0.15, -0.1) is 0 Å². The summed E-state index contributed by atoms with van der Waals surface area (Å²) in [6.07, 6.45) is 4.40. The van der Waals surface area contributed by atoms with E-state index in [1.54, 1.807) is 34.8 Å². The van der Waals surface area contributed by atoms with Crippen LogP contribution in [0.15, 0.2) is 117 Å². The second-order valence-electron chi connectivity index (χ2n) is 9.81. The van der Waals surface area contributed by atoms with Gasteiger partial charge in [-0.1, -0.05) is 59.6 Å². The molecule has 45 heavy (non-hydrogen) atoms. The molecule has 2 aromatic carbocycles. The van der Waals surface area contributed by atoms with E-state index in [-0.39, 0.29) is 0 Å². The van der Waals surface area contributed by atoms with Crippen LogP contribution in [0.4, 0.5) is 0 Å². The fourth-order valence-electron chi connectivity index (χ4n) is 4.10. The fraction of sp³-hybridized carbons (Fsp3) is 0.121. The molecule has 0 saturated carbocycles. The molecule has 0 aliphatic rings. The lowest BCUT2D eigenvalue weighted by molar-refractivity contribution is 0.111. The number of aryl methyl sites for hydroxylation is 2. The quantitative estimate of drug-likeness (QED) is 0.153. The van der Waals surface area contributed by atoms with E-state index in [2.05, 4.69) is 37.6 Å². The number of hydrogen-bond donors (Lipinski definition) is 1. The van der Waals surface area contributed by atoms with Crippen LogP contribution in [0.3, 0.4) is 0 Å². The second-order valence-corrected chi connectivity index (χ2v) is 12.7. The van der Waals surface area contributed by atoms with Gasteiger partial charge in [-0.25, -0.2) is 19.3 Å². The molecule has 6 aromatic rings. The van der Waals surface area contributed by atoms with Gasteiger partial charge in [-0.3, -0.25) is 4.79 Å². The zero-order valence-electron chi connectivity index (χ0n) is 24.7. The summed E-state index contributed by atoms with van der Waals surface area (Å²) >= 11 is 15.6. The van der Waals surface area contributed by atoms with Crippen molar-refractivity contribution >= 4 is 53.0 Å². The van der Waals surface area contributed by atoms with Gasteiger partial charge in [-0.2, -0.15) is 10.2 Å². The average molecular weight is 675 g/mol. The molecule has 0 radical (unpaired) electrons. The summed E-state index contributed by atoms with van der Waals surface area (Å²) in [4.78, 5) is 19.9. The Labute approximate surface area is 280 Å². The zero-order chi connectivity index (χ0) is 31.8. The highest BCUT2D eigenvalue weighted by Crippen LogP contribution is 2.32. The van der Waals surface area contributed by atoms with Crippen LogP contribution in [-0.4, -0.2) is 42.9 Å². The van der Waals surface area contributed by atoms with E-state index in [1.807, 2.05) is 92.4 Å². The van der Waals surface area contributed by atoms with Gasteiger partial charge in [0.25, 0.3) is 0 Å². The number of halogens is 2. The van der Waals surface area contributed by atoms with Crippen molar-refractivity contribution in [3.8, 4) is 11.4 Å². The van der Waals surface area contributed by atoms with Crippen molar-refractivity contribution in [3.05, 3.63) is 130 Å². The van der Waals surface area contributed by atoms with Crippen molar-refractivity contribution in [1.29, 1.82) is 0 Å². The van der Waals surface area contributed by atoms with Crippen molar-refractivity contribution in [1.82, 2.24) is 34.8 Å². The van der Waals surface area contributed by atoms with E-state index in [1.165, 1.54) is 11.8 Å². The molecule has 6 rings (SSSR count). The van der Waals surface area contributed by atoms with Gasteiger partial charge in [0, 0.05) is 25.0 Å². The minimum absolute atomic E-state index is 0.356. The Morgan fingerprint density at radius 3 is 1.71 bits per heavy atom. The Bertz CT molecular complexity index is 1890. The summed E-state index contributed by atoms with van der Waals surface area (Å²) in [5.74, 6) is 0. The van der Waals surface area contributed by atoms with Crippen LogP contribution in [0.5, 0.6) is 0 Å². The first kappa shape index (κ1) is 32.5. The molecule has 0 fully saturated rings. The molecular formula is C33H29Cl2N7OS2. The average Bonchev–Trinajstić information content (AvgIpc) is 3.64. The number of nitrogens with zero attached hydrogens (tertiary/aromatic N) is 6. The van der Waals surface area contributed by atoms with Crippen molar-refractivity contribution in [2.45, 2.75) is 40.5 Å². The molecule has 228 valence electrons. The molecule has 0 aliphatic heterocycles. The lowest BCUT2D eigenvalue weighted by Gasteiger charge is -2.08. The second kappa shape index (κ2) is 15.4. The van der Waals surface area contributed by atoms with Crippen LogP contribution in [-0.2, 0) is 6.54 Å². The first-order valence-corrected chi connectivity index (χ1v) is 16.2. The molecule has 0 saturated heterocycles. The van der Waals surface area contributed by atoms with E-state index < -0.39 is 0 Å². The number of para-hydroxylation sites is 2. The van der Waals surface area contributed by atoms with E-state index in [0.29, 0.717) is 22.3 Å². The third-order valence-corrected chi connectivity index (χ3v) is 8.79. The van der Waals surface area contributed by atoms with Crippen LogP contribution < -0.4 is 5.32 Å². The van der Waals surface area contributed by atoms with Crippen molar-refractivity contribution in [3.63, 3.8) is 0 Å². The normalized spacial score (nSPS) is 10.8. The predicted octanol–water partition coefficient (Wildman–Crippen LogP) is 8.29. The monoisotopic (exact) mass is 673 g/mol. The predicted molar refractivity (Wildman–Crippen MR) is 181 cm³/mol. The van der Waals surface area contributed by atoms with Crippen LogP contribution in [0.25, 0.3) is 11.4 Å². The van der Waals surface area contributed by atoms with E-state index >= 15 is 0 Å². The SMILES string of the molecule is CNCc1cc(Sc2ccc(C)cn2)n(-c2ccccc2Cl)n1.Cc1ccc(Sc2cc(C=O)nn2-c2ccccc2Cl)nc1. The Kier molecular flexibility index (Phi) is 11.1. The minimum Gasteiger partial charge on any atom is -0.314 e. The van der Waals surface area contributed by atoms with Crippen LogP contribution in [0.1, 0.15) is 27.3 Å². The number of carbonyl (C=O) groups is 1. The first-order valence-electron chi connectivity index (χ1n) is 13.8. The smallest absolute Gasteiger partial charge is 0.170 e. The van der Waals surface area contributed by atoms with Crippen LogP contribution in [0.2, 0.25) is 10.0 Å². The van der Waals surface area contributed by atoms with Crippen molar-refractivity contribution in [2.24, 2.45) is 0 Å². The lowest BCUT2D eigenvalue weighted by atomic mass is 10.3. The van der Waals surface area contributed by atoms with E-state index in [4.69, 9.17) is 23.2 Å². The summed E-state index contributed by atoms with van der Waals surface area (Å²) in [5.41, 5.74) is 5.15. The van der Waals surface area contributed by atoms with Crippen LogP contribution >= 0.6 is 46.7 Å². The molecule has 12 heteroatoms. The topological polar surface area (TPSA) is 90.5 Å². The summed E-state index contributed by atoms with van der Waals surface area (Å²) in [5, 5.41) is 16.9. The van der Waals surface area contributed by atoms with Gasteiger partial charge < -0.3 is 5.32 Å². The van der Waals surface area contributed by atoms with Gasteiger partial charge in [-0.05, 0) is 98.0 Å². The molecule has 0 spiro atoms. The van der Waals surface area contributed by atoms with Gasteiger partial charge >= 0.3 is 0 Å². The molecule has 1 N–H and O–H groups in total. The largest absolute Gasteiger partial charge is 0.314 e. The maximum absolute atomic E-state index is 11.1. The van der Waals surface area contributed by atoms with Gasteiger partial charge in [0.2, 0.25) is 0 Å². The van der Waals surface area contributed by atoms with Crippen LogP contribution in [0, 0.1) is 13.8 Å². The minimum atomic E-state index is 0.356. The summed E-state index contributed by atoms with van der Waals surface area (Å²) < 4.78 is 3.54. The molecule has 0 bridgehead atoms. The number of carbonyl (C=O) groups excluding carboxylic acids is 1. The summed E-state index contributed by atoms with van der Waals surface area (Å²) in [6, 6.07) is 26.9. The summed E-state index contributed by atoms with van der Waals surface area (Å²) in [7, 11) is 1.91. The fourth-order valence-corrected chi connectivity index (χ4v) is 6.27. The molecule has 4 heterocycles. The summed E-state index contributed by atoms with van der Waals surface area (Å²) in [6.45, 7) is 4.72. The number of aldehydes is 1. The highest BCUT2D eigenvalue weighted by atomic mass is 35.5. The number of aromatic nitrogens is 6.